The Labute approximate surface area is 412 Å². The van der Waals surface area contributed by atoms with Crippen molar-refractivity contribution in [3.05, 3.63) is 122 Å². The predicted octanol–water partition coefficient (Wildman–Crippen LogP) is 18.1. The third-order valence-corrected chi connectivity index (χ3v) is 11.1. The van der Waals surface area contributed by atoms with Crippen LogP contribution in [0.5, 0.6) is 0 Å². The van der Waals surface area contributed by atoms with Crippen LogP contribution in [-0.4, -0.2) is 37.2 Å². The van der Waals surface area contributed by atoms with Crippen molar-refractivity contribution in [2.45, 2.75) is 232 Å². The maximum Gasteiger partial charge on any atom is 0.306 e. The van der Waals surface area contributed by atoms with E-state index < -0.39 is 6.10 Å². The van der Waals surface area contributed by atoms with Crippen LogP contribution in [0, 0.1) is 0 Å². The van der Waals surface area contributed by atoms with Gasteiger partial charge >= 0.3 is 17.9 Å². The average Bonchev–Trinajstić information content (AvgIpc) is 3.33. The highest BCUT2D eigenvalue weighted by Gasteiger charge is 2.19. The SMILES string of the molecule is CC\C=C/C=C\C=C/C=C\CCCCCCCC(=O)OCC(COC(=O)CCCCCCCCCCCC/C=C\C=C/CCCCC)OC(=O)CCCCCCC\C=C/C=C\C=C/C=C\CC. The van der Waals surface area contributed by atoms with E-state index in [1.54, 1.807) is 0 Å². The van der Waals surface area contributed by atoms with Crippen LogP contribution in [0.3, 0.4) is 0 Å². The van der Waals surface area contributed by atoms with Crippen LogP contribution in [-0.2, 0) is 28.6 Å². The number of esters is 3. The van der Waals surface area contributed by atoms with Crippen LogP contribution in [0.4, 0.5) is 0 Å². The van der Waals surface area contributed by atoms with Gasteiger partial charge in [0.25, 0.3) is 0 Å². The number of rotatable bonds is 47. The Morgan fingerprint density at radius 1 is 0.313 bits per heavy atom. The fourth-order valence-corrected chi connectivity index (χ4v) is 7.10. The standard InChI is InChI=1S/C61H98O6/c1-4-7-10-13-16-19-22-25-28-29-30-31-34-36-39-42-45-48-51-54-60(63)66-57-58(67-61(64)55-52-49-46-43-40-37-33-27-24-21-18-15-12-9-6-3)56-65-59(62)53-50-47-44-41-38-35-32-26-23-20-17-14-11-8-5-2/h8-9,11-12,14-27,32-33,58H,4-7,10,13,28-31,34-57H2,1-3H3/b11-8-,12-9-,17-14-,18-15-,19-16-,23-20-,24-21-,25-22-,32-26-,33-27-. The van der Waals surface area contributed by atoms with Crippen molar-refractivity contribution >= 4 is 17.9 Å². The van der Waals surface area contributed by atoms with Gasteiger partial charge in [-0.15, -0.1) is 0 Å². The lowest BCUT2D eigenvalue weighted by atomic mass is 10.1. The summed E-state index contributed by atoms with van der Waals surface area (Å²) in [6.45, 7) is 6.28. The molecule has 0 saturated heterocycles. The fourth-order valence-electron chi connectivity index (χ4n) is 7.10. The smallest absolute Gasteiger partial charge is 0.306 e. The first kappa shape index (κ1) is 62.8. The van der Waals surface area contributed by atoms with E-state index in [0.717, 1.165) is 109 Å². The summed E-state index contributed by atoms with van der Waals surface area (Å²) in [6, 6.07) is 0. The molecule has 0 N–H and O–H groups in total. The lowest BCUT2D eigenvalue weighted by molar-refractivity contribution is -0.167. The summed E-state index contributed by atoms with van der Waals surface area (Å²) in [5.41, 5.74) is 0. The lowest BCUT2D eigenvalue weighted by Gasteiger charge is -2.18. The molecule has 0 aromatic rings. The molecular formula is C61H98O6. The molecule has 0 saturated carbocycles. The van der Waals surface area contributed by atoms with Gasteiger partial charge in [-0.05, 0) is 83.5 Å². The van der Waals surface area contributed by atoms with E-state index in [2.05, 4.69) is 99.8 Å². The second-order valence-corrected chi connectivity index (χ2v) is 17.6. The Balaban J connectivity index is 4.46. The number of hydrogen-bond donors (Lipinski definition) is 0. The van der Waals surface area contributed by atoms with Crippen LogP contribution in [0.25, 0.3) is 0 Å². The van der Waals surface area contributed by atoms with E-state index >= 15 is 0 Å². The van der Waals surface area contributed by atoms with Crippen molar-refractivity contribution in [2.75, 3.05) is 13.2 Å². The molecule has 1 unspecified atom stereocenters. The summed E-state index contributed by atoms with van der Waals surface area (Å²) < 4.78 is 16.8. The van der Waals surface area contributed by atoms with E-state index in [4.69, 9.17) is 14.2 Å². The molecule has 6 nitrogen and oxygen atoms in total. The molecule has 0 aliphatic carbocycles. The normalized spacial score (nSPS) is 13.1. The van der Waals surface area contributed by atoms with Crippen molar-refractivity contribution < 1.29 is 28.6 Å². The first-order chi connectivity index (χ1) is 33.0. The molecule has 0 fully saturated rings. The van der Waals surface area contributed by atoms with E-state index in [1.807, 2.05) is 42.5 Å². The van der Waals surface area contributed by atoms with Crippen molar-refractivity contribution in [2.24, 2.45) is 0 Å². The minimum Gasteiger partial charge on any atom is -0.462 e. The van der Waals surface area contributed by atoms with Gasteiger partial charge in [0.2, 0.25) is 0 Å². The van der Waals surface area contributed by atoms with Crippen molar-refractivity contribution in [1.29, 1.82) is 0 Å². The lowest BCUT2D eigenvalue weighted by Crippen LogP contribution is -2.30. The summed E-state index contributed by atoms with van der Waals surface area (Å²) in [4.78, 5) is 38.1. The number of allylic oxidation sites excluding steroid dienone is 20. The average molecular weight is 927 g/mol. The highest BCUT2D eigenvalue weighted by atomic mass is 16.6. The Hall–Kier alpha value is -4.19. The molecule has 6 heteroatoms. The largest absolute Gasteiger partial charge is 0.462 e. The molecule has 0 rings (SSSR count). The monoisotopic (exact) mass is 927 g/mol. The van der Waals surface area contributed by atoms with Gasteiger partial charge in [-0.1, -0.05) is 245 Å². The van der Waals surface area contributed by atoms with Gasteiger partial charge in [-0.25, -0.2) is 0 Å². The first-order valence-corrected chi connectivity index (χ1v) is 27.2. The summed E-state index contributed by atoms with van der Waals surface area (Å²) in [5.74, 6) is -0.956. The highest BCUT2D eigenvalue weighted by Crippen LogP contribution is 2.14. The van der Waals surface area contributed by atoms with Gasteiger partial charge in [0.05, 0.1) is 0 Å². The van der Waals surface area contributed by atoms with Gasteiger partial charge < -0.3 is 14.2 Å². The van der Waals surface area contributed by atoms with E-state index in [-0.39, 0.29) is 31.1 Å². The number of unbranched alkanes of at least 4 members (excludes halogenated alkanes) is 23. The van der Waals surface area contributed by atoms with E-state index in [1.165, 1.54) is 77.0 Å². The maximum absolute atomic E-state index is 12.8. The van der Waals surface area contributed by atoms with E-state index in [9.17, 15) is 14.4 Å². The molecule has 378 valence electrons. The van der Waals surface area contributed by atoms with Crippen molar-refractivity contribution in [1.82, 2.24) is 0 Å². The first-order valence-electron chi connectivity index (χ1n) is 27.2. The maximum atomic E-state index is 12.8. The third-order valence-electron chi connectivity index (χ3n) is 11.1. The zero-order valence-electron chi connectivity index (χ0n) is 43.1. The van der Waals surface area contributed by atoms with Crippen LogP contribution >= 0.6 is 0 Å². The quantitative estimate of drug-likeness (QED) is 0.0262. The van der Waals surface area contributed by atoms with Crippen molar-refractivity contribution in [3.8, 4) is 0 Å². The summed E-state index contributed by atoms with van der Waals surface area (Å²) in [5, 5.41) is 0. The Morgan fingerprint density at radius 3 is 0.925 bits per heavy atom. The molecule has 0 aliphatic heterocycles. The number of hydrogen-bond acceptors (Lipinski definition) is 6. The Bertz CT molecular complexity index is 1440. The van der Waals surface area contributed by atoms with Crippen molar-refractivity contribution in [3.63, 3.8) is 0 Å². The summed E-state index contributed by atoms with van der Waals surface area (Å²) in [7, 11) is 0. The number of ether oxygens (including phenoxy) is 3. The van der Waals surface area contributed by atoms with Crippen LogP contribution in [0.2, 0.25) is 0 Å². The van der Waals surface area contributed by atoms with Gasteiger partial charge in [-0.2, -0.15) is 0 Å². The third kappa shape index (κ3) is 52.6. The highest BCUT2D eigenvalue weighted by molar-refractivity contribution is 5.71. The van der Waals surface area contributed by atoms with Crippen LogP contribution in [0.15, 0.2) is 122 Å². The number of carbonyl (C=O) groups excluding carboxylic acids is 3. The molecule has 0 radical (unpaired) electrons. The van der Waals surface area contributed by atoms with Gasteiger partial charge in [-0.3, -0.25) is 14.4 Å². The molecule has 67 heavy (non-hydrogen) atoms. The Kier molecular flexibility index (Phi) is 51.0. The molecule has 0 aromatic heterocycles. The minimum absolute atomic E-state index is 0.101. The fraction of sp³-hybridized carbons (Fsp3) is 0.623. The van der Waals surface area contributed by atoms with E-state index in [0.29, 0.717) is 19.3 Å². The van der Waals surface area contributed by atoms with Gasteiger partial charge in [0, 0.05) is 19.3 Å². The molecule has 0 heterocycles. The number of carbonyl (C=O) groups is 3. The molecule has 0 aromatic carbocycles. The molecule has 0 bridgehead atoms. The topological polar surface area (TPSA) is 78.9 Å². The summed E-state index contributed by atoms with van der Waals surface area (Å²) in [6.07, 6.45) is 74.6. The molecule has 0 aliphatic rings. The van der Waals surface area contributed by atoms with Gasteiger partial charge in [0.1, 0.15) is 13.2 Å². The van der Waals surface area contributed by atoms with Crippen LogP contribution in [0.1, 0.15) is 226 Å². The molecule has 1 atom stereocenters. The molecule has 0 spiro atoms. The zero-order valence-corrected chi connectivity index (χ0v) is 43.1. The molecule has 0 amide bonds. The second kappa shape index (κ2) is 54.4. The second-order valence-electron chi connectivity index (χ2n) is 17.6. The zero-order chi connectivity index (χ0) is 48.6. The summed E-state index contributed by atoms with van der Waals surface area (Å²) >= 11 is 0. The molecular weight excluding hydrogens is 829 g/mol. The minimum atomic E-state index is -0.805. The Morgan fingerprint density at radius 2 is 0.582 bits per heavy atom. The van der Waals surface area contributed by atoms with Gasteiger partial charge in [0.15, 0.2) is 6.10 Å². The predicted molar refractivity (Wildman–Crippen MR) is 288 cm³/mol. The van der Waals surface area contributed by atoms with Crippen LogP contribution < -0.4 is 0 Å².